The molecule has 0 saturated heterocycles. The molecule has 0 unspecified atom stereocenters. The van der Waals surface area contributed by atoms with Crippen molar-refractivity contribution in [3.63, 3.8) is 0 Å². The third kappa shape index (κ3) is 4.37. The van der Waals surface area contributed by atoms with E-state index < -0.39 is 0 Å². The van der Waals surface area contributed by atoms with Crippen molar-refractivity contribution in [1.82, 2.24) is 4.90 Å². The Morgan fingerprint density at radius 3 is 2.52 bits per heavy atom. The maximum Gasteiger partial charge on any atom is 0.222 e. The van der Waals surface area contributed by atoms with E-state index in [2.05, 4.69) is 4.90 Å². The van der Waals surface area contributed by atoms with Gasteiger partial charge in [-0.15, -0.1) is 0 Å². The average Bonchev–Trinajstić information content (AvgIpc) is 3.33. The zero-order valence-corrected chi connectivity index (χ0v) is 13.7. The van der Waals surface area contributed by atoms with Crippen LogP contribution in [0.2, 0.25) is 10.0 Å². The van der Waals surface area contributed by atoms with Crippen molar-refractivity contribution in [2.24, 2.45) is 5.92 Å². The van der Waals surface area contributed by atoms with Crippen LogP contribution in [-0.4, -0.2) is 23.4 Å². The topological polar surface area (TPSA) is 20.3 Å². The first-order valence-electron chi connectivity index (χ1n) is 7.87. The lowest BCUT2D eigenvalue weighted by atomic mass is 10.1. The van der Waals surface area contributed by atoms with Crippen molar-refractivity contribution in [3.05, 3.63) is 33.8 Å². The summed E-state index contributed by atoms with van der Waals surface area (Å²) in [6.07, 6.45) is 7.41. The van der Waals surface area contributed by atoms with Crippen molar-refractivity contribution in [2.75, 3.05) is 6.54 Å². The number of carbonyl (C=O) groups excluding carboxylic acids is 1. The number of hydrogen-bond acceptors (Lipinski definition) is 1. The van der Waals surface area contributed by atoms with Gasteiger partial charge in [-0.2, -0.15) is 0 Å². The number of carbonyl (C=O) groups is 1. The van der Waals surface area contributed by atoms with Gasteiger partial charge in [0.1, 0.15) is 0 Å². The molecule has 2 aliphatic rings. The molecule has 2 aliphatic carbocycles. The van der Waals surface area contributed by atoms with Gasteiger partial charge in [-0.05, 0) is 62.1 Å². The molecule has 2 saturated carbocycles. The smallest absolute Gasteiger partial charge is 0.222 e. The second-order valence-electron chi connectivity index (χ2n) is 6.32. The molecule has 0 atom stereocenters. The van der Waals surface area contributed by atoms with Crippen LogP contribution in [-0.2, 0) is 11.2 Å². The van der Waals surface area contributed by atoms with E-state index in [0.717, 1.165) is 30.9 Å². The molecule has 0 N–H and O–H groups in total. The molecule has 21 heavy (non-hydrogen) atoms. The maximum atomic E-state index is 12.4. The molecule has 1 aromatic rings. The van der Waals surface area contributed by atoms with Gasteiger partial charge in [0, 0.05) is 19.0 Å². The lowest BCUT2D eigenvalue weighted by Gasteiger charge is -2.22. The van der Waals surface area contributed by atoms with Gasteiger partial charge in [0.25, 0.3) is 0 Å². The number of halogens is 2. The molecule has 0 radical (unpaired) electrons. The van der Waals surface area contributed by atoms with E-state index in [9.17, 15) is 4.79 Å². The first kappa shape index (κ1) is 15.2. The minimum Gasteiger partial charge on any atom is -0.339 e. The van der Waals surface area contributed by atoms with Gasteiger partial charge >= 0.3 is 0 Å². The molecule has 0 bridgehead atoms. The molecule has 0 heterocycles. The van der Waals surface area contributed by atoms with Gasteiger partial charge in [0.05, 0.1) is 10.0 Å². The van der Waals surface area contributed by atoms with E-state index in [-0.39, 0.29) is 0 Å². The van der Waals surface area contributed by atoms with Gasteiger partial charge in [-0.1, -0.05) is 29.3 Å². The number of rotatable bonds is 7. The van der Waals surface area contributed by atoms with Crippen LogP contribution < -0.4 is 0 Å². The summed E-state index contributed by atoms with van der Waals surface area (Å²) in [6.45, 7) is 0.996. The second kappa shape index (κ2) is 6.58. The third-order valence-corrected chi connectivity index (χ3v) is 5.04. The quantitative estimate of drug-likeness (QED) is 0.710. The summed E-state index contributed by atoms with van der Waals surface area (Å²) in [5, 5.41) is 1.18. The van der Waals surface area contributed by atoms with Gasteiger partial charge in [-0.3, -0.25) is 4.79 Å². The Labute approximate surface area is 136 Å². The standard InChI is InChI=1S/C17H21Cl2NO/c18-15-9-6-12(10-16(15)19)2-1-3-17(21)20(14-7-8-14)11-13-4-5-13/h6,9-10,13-14H,1-5,7-8,11H2. The minimum absolute atomic E-state index is 0.337. The highest BCUT2D eigenvalue weighted by Crippen LogP contribution is 2.35. The number of benzene rings is 1. The zero-order chi connectivity index (χ0) is 14.8. The molecular weight excluding hydrogens is 305 g/mol. The minimum atomic E-state index is 0.337. The SMILES string of the molecule is O=C(CCCc1ccc(Cl)c(Cl)c1)N(CC1CC1)C1CC1. The fourth-order valence-corrected chi connectivity index (χ4v) is 3.02. The Morgan fingerprint density at radius 1 is 1.14 bits per heavy atom. The monoisotopic (exact) mass is 325 g/mol. The van der Waals surface area contributed by atoms with Crippen molar-refractivity contribution in [3.8, 4) is 0 Å². The molecule has 1 aromatic carbocycles. The number of nitrogens with zero attached hydrogens (tertiary/aromatic N) is 1. The predicted molar refractivity (Wildman–Crippen MR) is 86.9 cm³/mol. The molecule has 3 rings (SSSR count). The largest absolute Gasteiger partial charge is 0.339 e. The number of hydrogen-bond donors (Lipinski definition) is 0. The number of aryl methyl sites for hydroxylation is 1. The summed E-state index contributed by atoms with van der Waals surface area (Å²) in [5.74, 6) is 1.12. The first-order chi connectivity index (χ1) is 10.1. The highest BCUT2D eigenvalue weighted by Gasteiger charge is 2.35. The van der Waals surface area contributed by atoms with Crippen LogP contribution in [0.3, 0.4) is 0 Å². The van der Waals surface area contributed by atoms with Gasteiger partial charge in [0.15, 0.2) is 0 Å². The molecule has 1 amide bonds. The van der Waals surface area contributed by atoms with E-state index in [1.807, 2.05) is 18.2 Å². The second-order valence-corrected chi connectivity index (χ2v) is 7.14. The van der Waals surface area contributed by atoms with E-state index in [4.69, 9.17) is 23.2 Å². The van der Waals surface area contributed by atoms with E-state index in [1.165, 1.54) is 25.7 Å². The molecule has 0 aromatic heterocycles. The Kier molecular flexibility index (Phi) is 4.75. The van der Waals surface area contributed by atoms with Gasteiger partial charge < -0.3 is 4.90 Å². The Morgan fingerprint density at radius 2 is 1.90 bits per heavy atom. The summed E-state index contributed by atoms with van der Waals surface area (Å²) < 4.78 is 0. The summed E-state index contributed by atoms with van der Waals surface area (Å²) in [7, 11) is 0. The highest BCUT2D eigenvalue weighted by molar-refractivity contribution is 6.42. The Hall–Kier alpha value is -0.730. The molecule has 0 spiro atoms. The van der Waals surface area contributed by atoms with Crippen LogP contribution in [0.15, 0.2) is 18.2 Å². The van der Waals surface area contributed by atoms with Crippen LogP contribution in [0.25, 0.3) is 0 Å². The van der Waals surface area contributed by atoms with Crippen molar-refractivity contribution < 1.29 is 4.79 Å². The average molecular weight is 326 g/mol. The molecular formula is C17H21Cl2NO. The fraction of sp³-hybridized carbons (Fsp3) is 0.588. The lowest BCUT2D eigenvalue weighted by molar-refractivity contribution is -0.132. The Bertz CT molecular complexity index is 524. The lowest BCUT2D eigenvalue weighted by Crippen LogP contribution is -2.34. The van der Waals surface area contributed by atoms with Gasteiger partial charge in [0.2, 0.25) is 5.91 Å². The van der Waals surface area contributed by atoms with Crippen LogP contribution in [0.1, 0.15) is 44.1 Å². The normalized spacial score (nSPS) is 17.8. The summed E-state index contributed by atoms with van der Waals surface area (Å²) >= 11 is 11.9. The first-order valence-corrected chi connectivity index (χ1v) is 8.62. The highest BCUT2D eigenvalue weighted by atomic mass is 35.5. The third-order valence-electron chi connectivity index (χ3n) is 4.30. The van der Waals surface area contributed by atoms with E-state index in [0.29, 0.717) is 28.4 Å². The maximum absolute atomic E-state index is 12.4. The molecule has 0 aliphatic heterocycles. The van der Waals surface area contributed by atoms with E-state index >= 15 is 0 Å². The zero-order valence-electron chi connectivity index (χ0n) is 12.2. The van der Waals surface area contributed by atoms with E-state index in [1.54, 1.807) is 0 Å². The van der Waals surface area contributed by atoms with Crippen molar-refractivity contribution >= 4 is 29.1 Å². The summed E-state index contributed by atoms with van der Waals surface area (Å²) in [5.41, 5.74) is 1.15. The van der Waals surface area contributed by atoms with Crippen molar-refractivity contribution in [2.45, 2.75) is 51.0 Å². The molecule has 2 nitrogen and oxygen atoms in total. The Balaban J connectivity index is 1.46. The van der Waals surface area contributed by atoms with Gasteiger partial charge in [-0.25, -0.2) is 0 Å². The van der Waals surface area contributed by atoms with Crippen molar-refractivity contribution in [1.29, 1.82) is 0 Å². The molecule has 4 heteroatoms. The predicted octanol–water partition coefficient (Wildman–Crippen LogP) is 4.72. The summed E-state index contributed by atoms with van der Waals surface area (Å²) in [4.78, 5) is 14.5. The molecule has 2 fully saturated rings. The summed E-state index contributed by atoms with van der Waals surface area (Å²) in [6, 6.07) is 6.26. The fourth-order valence-electron chi connectivity index (χ4n) is 2.70. The molecule has 114 valence electrons. The van der Waals surface area contributed by atoms with Crippen LogP contribution in [0.4, 0.5) is 0 Å². The van der Waals surface area contributed by atoms with Crippen LogP contribution in [0.5, 0.6) is 0 Å². The van der Waals surface area contributed by atoms with Crippen LogP contribution in [0, 0.1) is 5.92 Å². The number of amides is 1. The van der Waals surface area contributed by atoms with Crippen LogP contribution >= 0.6 is 23.2 Å².